The third-order valence-electron chi connectivity index (χ3n) is 3.92. The molecule has 0 saturated carbocycles. The van der Waals surface area contributed by atoms with Crippen molar-refractivity contribution in [3.8, 4) is 0 Å². The molecule has 0 aliphatic heterocycles. The topological polar surface area (TPSA) is 120 Å². The van der Waals surface area contributed by atoms with E-state index in [1.807, 2.05) is 13.8 Å². The molecule has 2 aromatic heterocycles. The monoisotopic (exact) mass is 373 g/mol. The molecule has 0 atom stereocenters. The number of nitrogens with one attached hydrogen (secondary N) is 1. The minimum absolute atomic E-state index is 0.250. The predicted octanol–water partition coefficient (Wildman–Crippen LogP) is 1.63. The van der Waals surface area contributed by atoms with Crippen LogP contribution in [0.3, 0.4) is 0 Å². The summed E-state index contributed by atoms with van der Waals surface area (Å²) in [6.45, 7) is 3.65. The van der Waals surface area contributed by atoms with Crippen LogP contribution in [0.25, 0.3) is 11.0 Å². The highest BCUT2D eigenvalue weighted by atomic mass is 32.2. The fourth-order valence-electron chi connectivity index (χ4n) is 2.86. The summed E-state index contributed by atoms with van der Waals surface area (Å²) in [4.78, 5) is 17.2. The number of benzene rings is 1. The number of anilines is 1. The van der Waals surface area contributed by atoms with Gasteiger partial charge >= 0.3 is 0 Å². The van der Waals surface area contributed by atoms with Crippen LogP contribution in [0, 0.1) is 13.8 Å². The molecule has 0 aliphatic rings. The molecule has 0 fully saturated rings. The minimum atomic E-state index is -3.59. The molecule has 1 aromatic carbocycles. The Balaban J connectivity index is 1.90. The van der Waals surface area contributed by atoms with E-state index in [2.05, 4.69) is 15.4 Å². The molecule has 0 unspecified atom stereocenters. The molecule has 26 heavy (non-hydrogen) atoms. The SMILES string of the molecule is Cc1cc(C(=O)Nc2ccc(CS(N)(=O)=O)cc2)c2c(C)nn(C)c2n1. The van der Waals surface area contributed by atoms with Crippen molar-refractivity contribution < 1.29 is 13.2 Å². The number of nitrogens with zero attached hydrogens (tertiary/aromatic N) is 3. The van der Waals surface area contributed by atoms with Gasteiger partial charge in [-0.1, -0.05) is 12.1 Å². The first-order chi connectivity index (χ1) is 12.1. The molecule has 0 aliphatic carbocycles. The van der Waals surface area contributed by atoms with Gasteiger partial charge < -0.3 is 5.32 Å². The third-order valence-corrected chi connectivity index (χ3v) is 4.66. The Morgan fingerprint density at radius 2 is 1.88 bits per heavy atom. The highest BCUT2D eigenvalue weighted by Gasteiger charge is 2.18. The Morgan fingerprint density at radius 3 is 2.50 bits per heavy atom. The smallest absolute Gasteiger partial charge is 0.256 e. The lowest BCUT2D eigenvalue weighted by Gasteiger charge is -2.08. The van der Waals surface area contributed by atoms with Crippen molar-refractivity contribution in [1.29, 1.82) is 0 Å². The first-order valence-electron chi connectivity index (χ1n) is 7.86. The zero-order valence-electron chi connectivity index (χ0n) is 14.6. The Kier molecular flexibility index (Phi) is 4.51. The first kappa shape index (κ1) is 18.0. The van der Waals surface area contributed by atoms with Gasteiger partial charge in [-0.25, -0.2) is 18.5 Å². The summed E-state index contributed by atoms with van der Waals surface area (Å²) in [6, 6.07) is 8.23. The van der Waals surface area contributed by atoms with Gasteiger partial charge in [-0.2, -0.15) is 5.10 Å². The van der Waals surface area contributed by atoms with Crippen molar-refractivity contribution >= 4 is 32.7 Å². The number of pyridine rings is 1. The lowest BCUT2D eigenvalue weighted by molar-refractivity contribution is 0.102. The highest BCUT2D eigenvalue weighted by molar-refractivity contribution is 7.88. The summed E-state index contributed by atoms with van der Waals surface area (Å²) in [7, 11) is -1.81. The molecule has 8 nitrogen and oxygen atoms in total. The summed E-state index contributed by atoms with van der Waals surface area (Å²) in [5.74, 6) is -0.531. The van der Waals surface area contributed by atoms with Crippen LogP contribution in [0.2, 0.25) is 0 Å². The number of amides is 1. The molecular weight excluding hydrogens is 354 g/mol. The quantitative estimate of drug-likeness (QED) is 0.720. The zero-order chi connectivity index (χ0) is 19.1. The van der Waals surface area contributed by atoms with E-state index in [1.54, 1.807) is 42.1 Å². The van der Waals surface area contributed by atoms with E-state index in [9.17, 15) is 13.2 Å². The largest absolute Gasteiger partial charge is 0.322 e. The van der Waals surface area contributed by atoms with Gasteiger partial charge in [0.1, 0.15) is 0 Å². The van der Waals surface area contributed by atoms with Gasteiger partial charge in [0.25, 0.3) is 5.91 Å². The van der Waals surface area contributed by atoms with Gasteiger partial charge in [-0.3, -0.25) is 9.48 Å². The standard InChI is InChI=1S/C17H19N5O3S/c1-10-8-14(15-11(2)21-22(3)16(15)19-10)17(23)20-13-6-4-12(5-7-13)9-26(18,24)25/h4-8H,9H2,1-3H3,(H,20,23)(H2,18,24,25). The number of fused-ring (bicyclic) bond motifs is 1. The molecule has 2 heterocycles. The molecule has 0 radical (unpaired) electrons. The molecule has 3 aromatic rings. The van der Waals surface area contributed by atoms with Gasteiger partial charge in [0, 0.05) is 18.4 Å². The van der Waals surface area contributed by atoms with Crippen LogP contribution in [0.1, 0.15) is 27.3 Å². The summed E-state index contributed by atoms with van der Waals surface area (Å²) in [5.41, 5.74) is 3.69. The number of carbonyl (C=O) groups excluding carboxylic acids is 1. The van der Waals surface area contributed by atoms with E-state index in [0.717, 1.165) is 5.69 Å². The zero-order valence-corrected chi connectivity index (χ0v) is 15.5. The second-order valence-electron chi connectivity index (χ2n) is 6.18. The van der Waals surface area contributed by atoms with Crippen LogP contribution >= 0.6 is 0 Å². The van der Waals surface area contributed by atoms with Crippen LogP contribution in [-0.4, -0.2) is 29.1 Å². The fraction of sp³-hybridized carbons (Fsp3) is 0.235. The van der Waals surface area contributed by atoms with Crippen molar-refractivity contribution in [1.82, 2.24) is 14.8 Å². The Hall–Kier alpha value is -2.78. The minimum Gasteiger partial charge on any atom is -0.322 e. The van der Waals surface area contributed by atoms with Gasteiger partial charge in [0.05, 0.1) is 22.4 Å². The third kappa shape index (κ3) is 3.73. The maximum absolute atomic E-state index is 12.8. The van der Waals surface area contributed by atoms with Crippen LogP contribution in [0.15, 0.2) is 30.3 Å². The number of hydrogen-bond acceptors (Lipinski definition) is 5. The van der Waals surface area contributed by atoms with Crippen molar-refractivity contribution in [3.05, 3.63) is 52.8 Å². The fourth-order valence-corrected chi connectivity index (χ4v) is 3.52. The maximum atomic E-state index is 12.8. The van der Waals surface area contributed by atoms with Crippen molar-refractivity contribution in [2.75, 3.05) is 5.32 Å². The summed E-state index contributed by atoms with van der Waals surface area (Å²) in [6.07, 6.45) is 0. The van der Waals surface area contributed by atoms with Crippen LogP contribution in [-0.2, 0) is 22.8 Å². The van der Waals surface area contributed by atoms with E-state index >= 15 is 0 Å². The number of aryl methyl sites for hydroxylation is 3. The van der Waals surface area contributed by atoms with Crippen molar-refractivity contribution in [2.45, 2.75) is 19.6 Å². The van der Waals surface area contributed by atoms with Gasteiger partial charge in [-0.05, 0) is 37.6 Å². The summed E-state index contributed by atoms with van der Waals surface area (Å²) >= 11 is 0. The Labute approximate surface area is 151 Å². The summed E-state index contributed by atoms with van der Waals surface area (Å²) < 4.78 is 23.9. The van der Waals surface area contributed by atoms with Gasteiger partial charge in [-0.15, -0.1) is 0 Å². The van der Waals surface area contributed by atoms with Gasteiger partial charge in [0.2, 0.25) is 10.0 Å². The Bertz CT molecular complexity index is 1100. The molecule has 0 spiro atoms. The average Bonchev–Trinajstić information content (AvgIpc) is 2.81. The van der Waals surface area contributed by atoms with E-state index < -0.39 is 10.0 Å². The normalized spacial score (nSPS) is 11.7. The molecule has 0 saturated heterocycles. The Morgan fingerprint density at radius 1 is 1.23 bits per heavy atom. The number of hydrogen-bond donors (Lipinski definition) is 2. The van der Waals surface area contributed by atoms with Crippen LogP contribution in [0.4, 0.5) is 5.69 Å². The molecule has 3 N–H and O–H groups in total. The predicted molar refractivity (Wildman–Crippen MR) is 99.2 cm³/mol. The average molecular weight is 373 g/mol. The molecule has 3 rings (SSSR count). The molecule has 9 heteroatoms. The molecular formula is C17H19N5O3S. The number of primary sulfonamides is 1. The first-order valence-corrected chi connectivity index (χ1v) is 9.57. The van der Waals surface area contributed by atoms with E-state index in [1.165, 1.54) is 0 Å². The lowest BCUT2D eigenvalue weighted by Crippen LogP contribution is -2.15. The van der Waals surface area contributed by atoms with Gasteiger partial charge in [0.15, 0.2) is 5.65 Å². The second kappa shape index (κ2) is 6.50. The molecule has 1 amide bonds. The highest BCUT2D eigenvalue weighted by Crippen LogP contribution is 2.23. The summed E-state index contributed by atoms with van der Waals surface area (Å²) in [5, 5.41) is 12.9. The van der Waals surface area contributed by atoms with Crippen molar-refractivity contribution in [3.63, 3.8) is 0 Å². The number of carbonyl (C=O) groups is 1. The lowest BCUT2D eigenvalue weighted by atomic mass is 10.1. The number of nitrogens with two attached hydrogens (primary N) is 1. The van der Waals surface area contributed by atoms with E-state index in [4.69, 9.17) is 5.14 Å². The second-order valence-corrected chi connectivity index (χ2v) is 7.79. The van der Waals surface area contributed by atoms with Crippen molar-refractivity contribution in [2.24, 2.45) is 12.2 Å². The van der Waals surface area contributed by atoms with E-state index in [-0.39, 0.29) is 11.7 Å². The maximum Gasteiger partial charge on any atom is 0.256 e. The number of rotatable bonds is 4. The van der Waals surface area contributed by atoms with E-state index in [0.29, 0.717) is 33.5 Å². The number of aromatic nitrogens is 3. The number of sulfonamides is 1. The van der Waals surface area contributed by atoms with Crippen LogP contribution in [0.5, 0.6) is 0 Å². The molecule has 0 bridgehead atoms. The van der Waals surface area contributed by atoms with Crippen LogP contribution < -0.4 is 10.5 Å². The molecule has 136 valence electrons.